The van der Waals surface area contributed by atoms with Gasteiger partial charge in [-0.2, -0.15) is 0 Å². The highest BCUT2D eigenvalue weighted by Gasteiger charge is 2.11. The van der Waals surface area contributed by atoms with Crippen LogP contribution < -0.4 is 5.32 Å². The zero-order valence-corrected chi connectivity index (χ0v) is 10.9. The highest BCUT2D eigenvalue weighted by atomic mass is 16.3. The largest absolute Gasteiger partial charge is 0.469 e. The number of aromatic nitrogens is 4. The van der Waals surface area contributed by atoms with Crippen molar-refractivity contribution in [3.8, 4) is 0 Å². The van der Waals surface area contributed by atoms with Crippen LogP contribution in [0, 0.1) is 6.92 Å². The van der Waals surface area contributed by atoms with E-state index in [0.717, 1.165) is 29.5 Å². The van der Waals surface area contributed by atoms with Crippen LogP contribution in [0.15, 0.2) is 35.2 Å². The third-order valence-electron chi connectivity index (χ3n) is 2.97. The van der Waals surface area contributed by atoms with E-state index in [4.69, 9.17) is 4.42 Å². The van der Waals surface area contributed by atoms with E-state index in [0.29, 0.717) is 0 Å². The average Bonchev–Trinajstić information content (AvgIpc) is 3.01. The lowest BCUT2D eigenvalue weighted by atomic mass is 10.2. The Morgan fingerprint density at radius 2 is 2.32 bits per heavy atom. The van der Waals surface area contributed by atoms with Gasteiger partial charge < -0.3 is 9.73 Å². The molecule has 3 aromatic rings. The number of nitrogens with zero attached hydrogens (tertiary/aromatic N) is 4. The Bertz CT molecular complexity index is 673. The predicted molar refractivity (Wildman–Crippen MR) is 71.0 cm³/mol. The number of hydrogen-bond acceptors (Lipinski definition) is 5. The van der Waals surface area contributed by atoms with Crippen LogP contribution in [0.5, 0.6) is 0 Å². The summed E-state index contributed by atoms with van der Waals surface area (Å²) in [6.07, 6.45) is 6.07. The van der Waals surface area contributed by atoms with Crippen LogP contribution in [0.1, 0.15) is 18.5 Å². The topological polar surface area (TPSA) is 68.2 Å². The number of fused-ring (bicyclic) bond motifs is 1. The summed E-state index contributed by atoms with van der Waals surface area (Å²) in [5.41, 5.74) is 0.742. The van der Waals surface area contributed by atoms with Crippen LogP contribution in [0.4, 0.5) is 5.82 Å². The monoisotopic (exact) mass is 257 g/mol. The first-order valence-corrected chi connectivity index (χ1v) is 6.19. The lowest BCUT2D eigenvalue weighted by Crippen LogP contribution is -2.19. The molecule has 0 aromatic carbocycles. The summed E-state index contributed by atoms with van der Waals surface area (Å²) in [5, 5.41) is 11.5. The summed E-state index contributed by atoms with van der Waals surface area (Å²) in [7, 11) is 0. The molecule has 0 radical (unpaired) electrons. The van der Waals surface area contributed by atoms with Gasteiger partial charge in [-0.15, -0.1) is 10.2 Å². The molecule has 0 fully saturated rings. The van der Waals surface area contributed by atoms with Crippen LogP contribution in [-0.2, 0) is 6.42 Å². The Morgan fingerprint density at radius 3 is 3.11 bits per heavy atom. The van der Waals surface area contributed by atoms with Crippen LogP contribution in [-0.4, -0.2) is 25.6 Å². The molecule has 0 saturated heterocycles. The lowest BCUT2D eigenvalue weighted by molar-refractivity contribution is 0.497. The zero-order chi connectivity index (χ0) is 13.2. The van der Waals surface area contributed by atoms with Crippen molar-refractivity contribution in [2.45, 2.75) is 26.3 Å². The molecule has 0 aliphatic carbocycles. The van der Waals surface area contributed by atoms with E-state index in [2.05, 4.69) is 27.4 Å². The quantitative estimate of drug-likeness (QED) is 0.775. The molecule has 3 heterocycles. The Kier molecular flexibility index (Phi) is 2.91. The van der Waals surface area contributed by atoms with Gasteiger partial charge in [0, 0.05) is 24.9 Å². The maximum absolute atomic E-state index is 5.34. The summed E-state index contributed by atoms with van der Waals surface area (Å²) in [4.78, 5) is 4.32. The fraction of sp³-hybridized carbons (Fsp3) is 0.308. The molecule has 98 valence electrons. The Labute approximate surface area is 110 Å². The molecular formula is C13H15N5O. The number of hydrogen-bond donors (Lipinski definition) is 1. The molecule has 0 spiro atoms. The SMILES string of the molecule is Cc1nnc2c(NC(C)Cc3ccco3)nccn12. The number of anilines is 1. The van der Waals surface area contributed by atoms with Gasteiger partial charge in [0.1, 0.15) is 11.6 Å². The number of nitrogens with one attached hydrogen (secondary N) is 1. The second-order valence-corrected chi connectivity index (χ2v) is 4.55. The van der Waals surface area contributed by atoms with Crippen molar-refractivity contribution in [2.24, 2.45) is 0 Å². The third kappa shape index (κ3) is 2.29. The highest BCUT2D eigenvalue weighted by Crippen LogP contribution is 2.14. The molecule has 0 bridgehead atoms. The lowest BCUT2D eigenvalue weighted by Gasteiger charge is -2.13. The number of rotatable bonds is 4. The van der Waals surface area contributed by atoms with E-state index in [-0.39, 0.29) is 6.04 Å². The summed E-state index contributed by atoms with van der Waals surface area (Å²) in [6.45, 7) is 3.99. The van der Waals surface area contributed by atoms with Crippen molar-refractivity contribution < 1.29 is 4.42 Å². The van der Waals surface area contributed by atoms with Gasteiger partial charge in [0.2, 0.25) is 5.65 Å². The molecule has 6 nitrogen and oxygen atoms in total. The van der Waals surface area contributed by atoms with Gasteiger partial charge in [0.15, 0.2) is 5.82 Å². The maximum Gasteiger partial charge on any atom is 0.203 e. The van der Waals surface area contributed by atoms with E-state index in [1.165, 1.54) is 0 Å². The molecular weight excluding hydrogens is 242 g/mol. The smallest absolute Gasteiger partial charge is 0.203 e. The van der Waals surface area contributed by atoms with Gasteiger partial charge >= 0.3 is 0 Å². The van der Waals surface area contributed by atoms with Crippen molar-refractivity contribution in [1.29, 1.82) is 0 Å². The van der Waals surface area contributed by atoms with Gasteiger partial charge in [-0.25, -0.2) is 4.98 Å². The van der Waals surface area contributed by atoms with Gasteiger partial charge in [-0.3, -0.25) is 4.40 Å². The van der Waals surface area contributed by atoms with E-state index in [9.17, 15) is 0 Å². The first-order valence-electron chi connectivity index (χ1n) is 6.19. The number of aryl methyl sites for hydroxylation is 1. The predicted octanol–water partition coefficient (Wildman–Crippen LogP) is 2.07. The summed E-state index contributed by atoms with van der Waals surface area (Å²) in [6, 6.07) is 4.05. The molecule has 6 heteroatoms. The second kappa shape index (κ2) is 4.72. The van der Waals surface area contributed by atoms with Crippen LogP contribution in [0.2, 0.25) is 0 Å². The Balaban J connectivity index is 1.81. The van der Waals surface area contributed by atoms with Gasteiger partial charge in [-0.05, 0) is 26.0 Å². The van der Waals surface area contributed by atoms with Crippen LogP contribution >= 0.6 is 0 Å². The Hall–Kier alpha value is -2.37. The molecule has 1 unspecified atom stereocenters. The Morgan fingerprint density at radius 1 is 1.42 bits per heavy atom. The molecule has 3 rings (SSSR count). The molecule has 0 aliphatic rings. The second-order valence-electron chi connectivity index (χ2n) is 4.55. The molecule has 3 aromatic heterocycles. The number of furan rings is 1. The minimum absolute atomic E-state index is 0.196. The maximum atomic E-state index is 5.34. The van der Waals surface area contributed by atoms with Gasteiger partial charge in [0.05, 0.1) is 6.26 Å². The molecule has 0 aliphatic heterocycles. The molecule has 1 atom stereocenters. The van der Waals surface area contributed by atoms with E-state index in [1.54, 1.807) is 12.5 Å². The van der Waals surface area contributed by atoms with Gasteiger partial charge in [0.25, 0.3) is 0 Å². The zero-order valence-electron chi connectivity index (χ0n) is 10.9. The highest BCUT2D eigenvalue weighted by molar-refractivity contribution is 5.62. The summed E-state index contributed by atoms with van der Waals surface area (Å²) >= 11 is 0. The van der Waals surface area contributed by atoms with Crippen molar-refractivity contribution in [1.82, 2.24) is 19.6 Å². The molecule has 0 amide bonds. The van der Waals surface area contributed by atoms with Crippen molar-refractivity contribution in [2.75, 3.05) is 5.32 Å². The van der Waals surface area contributed by atoms with Crippen molar-refractivity contribution in [3.63, 3.8) is 0 Å². The average molecular weight is 257 g/mol. The minimum Gasteiger partial charge on any atom is -0.469 e. The molecule has 19 heavy (non-hydrogen) atoms. The van der Waals surface area contributed by atoms with Gasteiger partial charge in [-0.1, -0.05) is 0 Å². The van der Waals surface area contributed by atoms with Crippen LogP contribution in [0.25, 0.3) is 5.65 Å². The standard InChI is InChI=1S/C13H15N5O/c1-9(8-11-4-3-7-19-11)15-12-13-17-16-10(2)18(13)6-5-14-12/h3-7,9H,8H2,1-2H3,(H,14,15). The summed E-state index contributed by atoms with van der Waals surface area (Å²) in [5.74, 6) is 2.53. The van der Waals surface area contributed by atoms with Crippen molar-refractivity contribution in [3.05, 3.63) is 42.4 Å². The van der Waals surface area contributed by atoms with Crippen LogP contribution in [0.3, 0.4) is 0 Å². The van der Waals surface area contributed by atoms with Crippen molar-refractivity contribution >= 4 is 11.5 Å². The third-order valence-corrected chi connectivity index (χ3v) is 2.97. The normalized spacial score (nSPS) is 12.7. The van der Waals surface area contributed by atoms with E-state index in [1.807, 2.05) is 29.7 Å². The molecule has 1 N–H and O–H groups in total. The van der Waals surface area contributed by atoms with E-state index < -0.39 is 0 Å². The fourth-order valence-electron chi connectivity index (χ4n) is 2.06. The first kappa shape index (κ1) is 11.7. The van der Waals surface area contributed by atoms with E-state index >= 15 is 0 Å². The first-order chi connectivity index (χ1) is 9.24. The molecule has 0 saturated carbocycles. The summed E-state index contributed by atoms with van der Waals surface area (Å²) < 4.78 is 7.25. The fourth-order valence-corrected chi connectivity index (χ4v) is 2.06. The minimum atomic E-state index is 0.196.